The van der Waals surface area contributed by atoms with E-state index in [2.05, 4.69) is 13.8 Å². The van der Waals surface area contributed by atoms with Crippen molar-refractivity contribution in [1.82, 2.24) is 4.90 Å². The summed E-state index contributed by atoms with van der Waals surface area (Å²) < 4.78 is 10.6. The van der Waals surface area contributed by atoms with Crippen LogP contribution >= 0.6 is 0 Å². The number of ether oxygens (including phenoxy) is 2. The fourth-order valence-corrected chi connectivity index (χ4v) is 2.54. The second-order valence-electron chi connectivity index (χ2n) is 5.99. The Morgan fingerprint density at radius 1 is 1.10 bits per heavy atom. The summed E-state index contributed by atoms with van der Waals surface area (Å²) >= 11 is 0. The molecular formula is C16H23NO3. The lowest BCUT2D eigenvalue weighted by Crippen LogP contribution is -2.41. The highest BCUT2D eigenvalue weighted by Crippen LogP contribution is 2.34. The number of carbonyl (C=O) groups excluding carboxylic acids is 1. The van der Waals surface area contributed by atoms with Crippen LogP contribution in [0.5, 0.6) is 11.5 Å². The Morgan fingerprint density at radius 3 is 2.05 bits per heavy atom. The standard InChI is InChI=1S/C16H23NO3/c1-16(2)8-10-17(11-9-16)15(18)14-12(19-3)6-5-7-13(14)20-4/h5-7H,8-11H2,1-4H3. The van der Waals surface area contributed by atoms with Crippen molar-refractivity contribution < 1.29 is 14.3 Å². The first-order valence-electron chi connectivity index (χ1n) is 6.99. The summed E-state index contributed by atoms with van der Waals surface area (Å²) in [7, 11) is 3.15. The minimum absolute atomic E-state index is 0.00481. The van der Waals surface area contributed by atoms with Gasteiger partial charge in [-0.3, -0.25) is 4.79 Å². The highest BCUT2D eigenvalue weighted by Gasteiger charge is 2.30. The molecule has 110 valence electrons. The first-order valence-corrected chi connectivity index (χ1v) is 6.99. The molecule has 1 amide bonds. The van der Waals surface area contributed by atoms with Crippen LogP contribution in [0.1, 0.15) is 37.0 Å². The Hall–Kier alpha value is -1.71. The van der Waals surface area contributed by atoms with Crippen LogP contribution in [0.3, 0.4) is 0 Å². The molecule has 4 nitrogen and oxygen atoms in total. The van der Waals surface area contributed by atoms with Gasteiger partial charge in [0.05, 0.1) is 14.2 Å². The molecule has 1 saturated heterocycles. The topological polar surface area (TPSA) is 38.8 Å². The average Bonchev–Trinajstić information content (AvgIpc) is 2.45. The van der Waals surface area contributed by atoms with Crippen LogP contribution in [-0.2, 0) is 0 Å². The largest absolute Gasteiger partial charge is 0.496 e. The zero-order valence-electron chi connectivity index (χ0n) is 12.7. The smallest absolute Gasteiger partial charge is 0.261 e. The van der Waals surface area contributed by atoms with E-state index in [4.69, 9.17) is 9.47 Å². The third-order valence-corrected chi connectivity index (χ3v) is 4.05. The van der Waals surface area contributed by atoms with Crippen molar-refractivity contribution in [3.8, 4) is 11.5 Å². The van der Waals surface area contributed by atoms with Crippen molar-refractivity contribution in [1.29, 1.82) is 0 Å². The number of likely N-dealkylation sites (tertiary alicyclic amines) is 1. The lowest BCUT2D eigenvalue weighted by Gasteiger charge is -2.37. The van der Waals surface area contributed by atoms with Gasteiger partial charge < -0.3 is 14.4 Å². The average molecular weight is 277 g/mol. The number of rotatable bonds is 3. The molecule has 0 bridgehead atoms. The molecule has 0 N–H and O–H groups in total. The van der Waals surface area contributed by atoms with Gasteiger partial charge in [0.1, 0.15) is 17.1 Å². The van der Waals surface area contributed by atoms with Crippen LogP contribution in [0.2, 0.25) is 0 Å². The van der Waals surface area contributed by atoms with Crippen LogP contribution in [0.25, 0.3) is 0 Å². The molecule has 2 rings (SSSR count). The van der Waals surface area contributed by atoms with E-state index in [-0.39, 0.29) is 5.91 Å². The second-order valence-corrected chi connectivity index (χ2v) is 5.99. The van der Waals surface area contributed by atoms with Crippen molar-refractivity contribution in [2.75, 3.05) is 27.3 Å². The monoisotopic (exact) mass is 277 g/mol. The molecule has 1 aliphatic rings. The van der Waals surface area contributed by atoms with Gasteiger partial charge in [-0.15, -0.1) is 0 Å². The predicted molar refractivity (Wildman–Crippen MR) is 78.5 cm³/mol. The fraction of sp³-hybridized carbons (Fsp3) is 0.562. The van der Waals surface area contributed by atoms with E-state index in [1.807, 2.05) is 11.0 Å². The molecule has 0 aliphatic carbocycles. The Balaban J connectivity index is 2.25. The third kappa shape index (κ3) is 2.89. The SMILES string of the molecule is COc1cccc(OC)c1C(=O)N1CCC(C)(C)CC1. The first-order chi connectivity index (χ1) is 9.48. The Morgan fingerprint density at radius 2 is 1.60 bits per heavy atom. The second kappa shape index (κ2) is 5.73. The van der Waals surface area contributed by atoms with E-state index in [1.165, 1.54) is 0 Å². The highest BCUT2D eigenvalue weighted by molar-refractivity contribution is 5.99. The molecule has 0 aromatic heterocycles. The summed E-state index contributed by atoms with van der Waals surface area (Å²) in [5.74, 6) is 1.13. The maximum Gasteiger partial charge on any atom is 0.261 e. The van der Waals surface area contributed by atoms with Crippen molar-refractivity contribution in [2.24, 2.45) is 5.41 Å². The number of methoxy groups -OCH3 is 2. The summed E-state index contributed by atoms with van der Waals surface area (Å²) in [4.78, 5) is 14.6. The van der Waals surface area contributed by atoms with Gasteiger partial charge in [-0.05, 0) is 30.4 Å². The van der Waals surface area contributed by atoms with E-state index in [0.717, 1.165) is 25.9 Å². The Labute approximate surface area is 120 Å². The van der Waals surface area contributed by atoms with E-state index >= 15 is 0 Å². The zero-order valence-corrected chi connectivity index (χ0v) is 12.7. The molecule has 0 radical (unpaired) electrons. The van der Waals surface area contributed by atoms with Gasteiger partial charge in [0.15, 0.2) is 0 Å². The minimum atomic E-state index is -0.00481. The lowest BCUT2D eigenvalue weighted by atomic mass is 9.82. The van der Waals surface area contributed by atoms with Gasteiger partial charge in [-0.2, -0.15) is 0 Å². The third-order valence-electron chi connectivity index (χ3n) is 4.05. The van der Waals surface area contributed by atoms with E-state index in [0.29, 0.717) is 22.5 Å². The molecule has 1 aromatic carbocycles. The number of benzene rings is 1. The van der Waals surface area contributed by atoms with Crippen molar-refractivity contribution in [3.05, 3.63) is 23.8 Å². The molecule has 0 unspecified atom stereocenters. The van der Waals surface area contributed by atoms with Gasteiger partial charge in [0.25, 0.3) is 5.91 Å². The van der Waals surface area contributed by atoms with Crippen molar-refractivity contribution in [2.45, 2.75) is 26.7 Å². The molecule has 0 atom stereocenters. The van der Waals surface area contributed by atoms with Gasteiger partial charge in [-0.1, -0.05) is 19.9 Å². The van der Waals surface area contributed by atoms with Gasteiger partial charge >= 0.3 is 0 Å². The highest BCUT2D eigenvalue weighted by atomic mass is 16.5. The molecule has 20 heavy (non-hydrogen) atoms. The number of hydrogen-bond donors (Lipinski definition) is 0. The lowest BCUT2D eigenvalue weighted by molar-refractivity contribution is 0.0623. The Kier molecular flexibility index (Phi) is 4.21. The predicted octanol–water partition coefficient (Wildman–Crippen LogP) is 2.97. The minimum Gasteiger partial charge on any atom is -0.496 e. The van der Waals surface area contributed by atoms with Crippen molar-refractivity contribution in [3.63, 3.8) is 0 Å². The molecule has 1 aromatic rings. The van der Waals surface area contributed by atoms with E-state index in [1.54, 1.807) is 26.4 Å². The Bertz CT molecular complexity index is 464. The number of hydrogen-bond acceptors (Lipinski definition) is 3. The number of amides is 1. The normalized spacial score (nSPS) is 17.7. The summed E-state index contributed by atoms with van der Waals surface area (Å²) in [5.41, 5.74) is 0.846. The molecule has 1 heterocycles. The van der Waals surface area contributed by atoms with Crippen LogP contribution in [-0.4, -0.2) is 38.1 Å². The zero-order chi connectivity index (χ0) is 14.8. The maximum absolute atomic E-state index is 12.7. The quantitative estimate of drug-likeness (QED) is 0.852. The molecule has 1 fully saturated rings. The molecule has 4 heteroatoms. The van der Waals surface area contributed by atoms with Crippen LogP contribution < -0.4 is 9.47 Å². The number of nitrogens with zero attached hydrogens (tertiary/aromatic N) is 1. The summed E-state index contributed by atoms with van der Waals surface area (Å²) in [6.45, 7) is 6.07. The van der Waals surface area contributed by atoms with Gasteiger partial charge in [0.2, 0.25) is 0 Å². The summed E-state index contributed by atoms with van der Waals surface area (Å²) in [5, 5.41) is 0. The van der Waals surface area contributed by atoms with Crippen LogP contribution in [0.4, 0.5) is 0 Å². The number of carbonyl (C=O) groups is 1. The van der Waals surface area contributed by atoms with E-state index < -0.39 is 0 Å². The molecule has 0 saturated carbocycles. The van der Waals surface area contributed by atoms with Crippen LogP contribution in [0.15, 0.2) is 18.2 Å². The summed E-state index contributed by atoms with van der Waals surface area (Å²) in [6, 6.07) is 5.42. The fourth-order valence-electron chi connectivity index (χ4n) is 2.54. The molecule has 1 aliphatic heterocycles. The number of piperidine rings is 1. The van der Waals surface area contributed by atoms with E-state index in [9.17, 15) is 4.79 Å². The van der Waals surface area contributed by atoms with Crippen LogP contribution in [0, 0.1) is 5.41 Å². The maximum atomic E-state index is 12.7. The molecule has 0 spiro atoms. The molecular weight excluding hydrogens is 254 g/mol. The summed E-state index contributed by atoms with van der Waals surface area (Å²) in [6.07, 6.45) is 2.05. The van der Waals surface area contributed by atoms with Gasteiger partial charge in [-0.25, -0.2) is 0 Å². The van der Waals surface area contributed by atoms with Gasteiger partial charge in [0, 0.05) is 13.1 Å². The van der Waals surface area contributed by atoms with Crippen molar-refractivity contribution >= 4 is 5.91 Å². The first kappa shape index (κ1) is 14.7.